The summed E-state index contributed by atoms with van der Waals surface area (Å²) in [6.45, 7) is 2.44. The first-order valence-corrected chi connectivity index (χ1v) is 7.41. The maximum Gasteiger partial charge on any atom is 0.166 e. The highest BCUT2D eigenvalue weighted by Crippen LogP contribution is 2.28. The van der Waals surface area contributed by atoms with E-state index in [1.165, 1.54) is 6.33 Å². The molecule has 0 aliphatic carbocycles. The predicted molar refractivity (Wildman–Crippen MR) is 95.5 cm³/mol. The third-order valence-corrected chi connectivity index (χ3v) is 3.59. The van der Waals surface area contributed by atoms with Gasteiger partial charge in [0.25, 0.3) is 0 Å². The first-order valence-electron chi connectivity index (χ1n) is 7.41. The van der Waals surface area contributed by atoms with Crippen molar-refractivity contribution in [1.29, 1.82) is 0 Å². The number of nitrogens with one attached hydrogen (secondary N) is 1. The molecule has 8 heteroatoms. The molecule has 0 saturated carbocycles. The Morgan fingerprint density at radius 1 is 1.29 bits per heavy atom. The number of furan rings is 1. The summed E-state index contributed by atoms with van der Waals surface area (Å²) in [5.74, 6) is 2.76. The molecule has 0 spiro atoms. The highest BCUT2D eigenvalue weighted by Gasteiger charge is 2.15. The van der Waals surface area contributed by atoms with E-state index < -0.39 is 0 Å². The summed E-state index contributed by atoms with van der Waals surface area (Å²) in [5.41, 5.74) is 8.04. The molecule has 4 aromatic heterocycles. The van der Waals surface area contributed by atoms with Crippen molar-refractivity contribution in [1.82, 2.24) is 24.6 Å². The lowest BCUT2D eigenvalue weighted by Crippen LogP contribution is -2.01. The van der Waals surface area contributed by atoms with Crippen LogP contribution in [0.2, 0.25) is 0 Å². The van der Waals surface area contributed by atoms with Crippen LogP contribution in [0.25, 0.3) is 16.9 Å². The van der Waals surface area contributed by atoms with E-state index in [4.69, 9.17) is 10.2 Å². The molecular formula is C16H21N7O. The molecule has 3 N–H and O–H groups in total. The summed E-state index contributed by atoms with van der Waals surface area (Å²) in [6, 6.07) is 7.46. The molecule has 8 nitrogen and oxygen atoms in total. The predicted octanol–water partition coefficient (Wildman–Crippen LogP) is 3.02. The molecule has 126 valence electrons. The average Bonchev–Trinajstić information content (AvgIpc) is 3.15. The van der Waals surface area contributed by atoms with E-state index >= 15 is 0 Å². The summed E-state index contributed by atoms with van der Waals surface area (Å²) in [7, 11) is 0. The summed E-state index contributed by atoms with van der Waals surface area (Å²) in [6.07, 6.45) is 4.97. The number of hydrogen-bond acceptors (Lipinski definition) is 7. The molecule has 0 fully saturated rings. The average molecular weight is 327 g/mol. The van der Waals surface area contributed by atoms with Crippen molar-refractivity contribution in [3.05, 3.63) is 54.5 Å². The molecule has 0 aliphatic rings. The third kappa shape index (κ3) is 2.54. The van der Waals surface area contributed by atoms with Crippen LogP contribution in [0.3, 0.4) is 0 Å². The Morgan fingerprint density at radius 3 is 3.04 bits per heavy atom. The quantitative estimate of drug-likeness (QED) is 0.593. The van der Waals surface area contributed by atoms with Gasteiger partial charge in [0.15, 0.2) is 11.5 Å². The molecule has 0 aliphatic heterocycles. The van der Waals surface area contributed by atoms with Crippen molar-refractivity contribution < 1.29 is 8.70 Å². The highest BCUT2D eigenvalue weighted by atomic mass is 16.3. The molecule has 4 aromatic rings. The zero-order chi connectivity index (χ0) is 16.5. The number of hydrogen-bond donors (Lipinski definition) is 2. The van der Waals surface area contributed by atoms with Gasteiger partial charge in [-0.05, 0) is 25.1 Å². The minimum atomic E-state index is 0. The Bertz CT molecular complexity index is 1020. The van der Waals surface area contributed by atoms with Crippen molar-refractivity contribution in [2.45, 2.75) is 13.5 Å². The molecule has 0 bridgehead atoms. The fourth-order valence-electron chi connectivity index (χ4n) is 2.50. The van der Waals surface area contributed by atoms with E-state index in [0.29, 0.717) is 35.1 Å². The molecule has 0 saturated heterocycles. The minimum absolute atomic E-state index is 0. The van der Waals surface area contributed by atoms with Gasteiger partial charge in [0.05, 0.1) is 17.8 Å². The standard InChI is InChI=1S/C16H15N7O.3H2/c1-10-3-4-11(24-10)8-19-13-7-12(20-9-21-13)14-15(17)22-23-6-2-5-18-16(14)23;;;/h2-7,9H,8H2,1H3,(H2,17,22)(H,19,20,21);3*1H. The molecule has 0 atom stereocenters. The lowest BCUT2D eigenvalue weighted by Gasteiger charge is -2.05. The summed E-state index contributed by atoms with van der Waals surface area (Å²) in [5, 5.41) is 7.46. The Labute approximate surface area is 141 Å². The van der Waals surface area contributed by atoms with Crippen LogP contribution in [-0.4, -0.2) is 24.6 Å². The second kappa shape index (κ2) is 5.65. The third-order valence-electron chi connectivity index (χ3n) is 3.59. The van der Waals surface area contributed by atoms with Gasteiger partial charge in [-0.15, -0.1) is 5.10 Å². The molecule has 4 heterocycles. The lowest BCUT2D eigenvalue weighted by atomic mass is 10.2. The van der Waals surface area contributed by atoms with Crippen molar-refractivity contribution >= 4 is 17.3 Å². The monoisotopic (exact) mass is 327 g/mol. The molecule has 0 radical (unpaired) electrons. The van der Waals surface area contributed by atoms with Crippen molar-refractivity contribution in [3.63, 3.8) is 0 Å². The van der Waals surface area contributed by atoms with Crippen LogP contribution in [0.4, 0.5) is 11.6 Å². The Balaban J connectivity index is 0.00000121. The summed E-state index contributed by atoms with van der Waals surface area (Å²) < 4.78 is 7.17. The van der Waals surface area contributed by atoms with E-state index in [-0.39, 0.29) is 4.28 Å². The molecule has 0 aromatic carbocycles. The molecule has 24 heavy (non-hydrogen) atoms. The second-order valence-corrected chi connectivity index (χ2v) is 5.30. The van der Waals surface area contributed by atoms with E-state index in [9.17, 15) is 0 Å². The number of nitrogens with two attached hydrogens (primary N) is 1. The summed E-state index contributed by atoms with van der Waals surface area (Å²) in [4.78, 5) is 12.9. The van der Waals surface area contributed by atoms with Crippen molar-refractivity contribution in [2.75, 3.05) is 11.1 Å². The van der Waals surface area contributed by atoms with Crippen molar-refractivity contribution in [3.8, 4) is 11.3 Å². The SMILES string of the molecule is Cc1ccc(CNc2cc(-c3c(N)nn4cccnc34)ncn2)o1.[HH].[HH].[HH]. The van der Waals surface area contributed by atoms with Crippen LogP contribution in [-0.2, 0) is 6.54 Å². The van der Waals surface area contributed by atoms with Gasteiger partial charge in [-0.1, -0.05) is 0 Å². The number of fused-ring (bicyclic) bond motifs is 1. The Hall–Kier alpha value is -3.42. The fourth-order valence-corrected chi connectivity index (χ4v) is 2.50. The zero-order valence-corrected chi connectivity index (χ0v) is 13.0. The molecule has 0 unspecified atom stereocenters. The maximum absolute atomic E-state index is 6.04. The van der Waals surface area contributed by atoms with Crippen LogP contribution in [0.1, 0.15) is 15.8 Å². The number of rotatable bonds is 4. The van der Waals surface area contributed by atoms with Gasteiger partial charge in [0.2, 0.25) is 0 Å². The Kier molecular flexibility index (Phi) is 3.34. The fraction of sp³-hybridized carbons (Fsp3) is 0.125. The van der Waals surface area contributed by atoms with E-state index in [2.05, 4.69) is 25.4 Å². The number of aromatic nitrogens is 5. The van der Waals surface area contributed by atoms with E-state index in [1.54, 1.807) is 23.0 Å². The van der Waals surface area contributed by atoms with Gasteiger partial charge in [-0.25, -0.2) is 19.5 Å². The maximum atomic E-state index is 6.04. The normalized spacial score (nSPS) is 11.0. The van der Waals surface area contributed by atoms with Crippen LogP contribution in [0.15, 0.2) is 47.4 Å². The second-order valence-electron chi connectivity index (χ2n) is 5.30. The molecular weight excluding hydrogens is 306 g/mol. The number of aryl methyl sites for hydroxylation is 1. The van der Waals surface area contributed by atoms with Crippen LogP contribution in [0, 0.1) is 6.92 Å². The first-order chi connectivity index (χ1) is 11.7. The largest absolute Gasteiger partial charge is 0.465 e. The van der Waals surface area contributed by atoms with Crippen LogP contribution < -0.4 is 11.1 Å². The Morgan fingerprint density at radius 2 is 2.21 bits per heavy atom. The van der Waals surface area contributed by atoms with Crippen LogP contribution >= 0.6 is 0 Å². The zero-order valence-electron chi connectivity index (χ0n) is 13.0. The number of nitrogens with zero attached hydrogens (tertiary/aromatic N) is 5. The molecule has 0 amide bonds. The van der Waals surface area contributed by atoms with Crippen LogP contribution in [0.5, 0.6) is 0 Å². The smallest absolute Gasteiger partial charge is 0.166 e. The van der Waals surface area contributed by atoms with Crippen molar-refractivity contribution in [2.24, 2.45) is 0 Å². The lowest BCUT2D eigenvalue weighted by molar-refractivity contribution is 0.490. The minimum Gasteiger partial charge on any atom is -0.465 e. The molecule has 4 rings (SSSR count). The van der Waals surface area contributed by atoms with Gasteiger partial charge in [-0.2, -0.15) is 0 Å². The van der Waals surface area contributed by atoms with Gasteiger partial charge in [0, 0.05) is 22.7 Å². The first kappa shape index (κ1) is 14.2. The van der Waals surface area contributed by atoms with E-state index in [1.807, 2.05) is 25.1 Å². The summed E-state index contributed by atoms with van der Waals surface area (Å²) >= 11 is 0. The number of nitrogen functional groups attached to an aromatic ring is 1. The van der Waals surface area contributed by atoms with Gasteiger partial charge < -0.3 is 15.5 Å². The number of anilines is 2. The highest BCUT2D eigenvalue weighted by molar-refractivity contribution is 5.84. The van der Waals surface area contributed by atoms with Gasteiger partial charge in [-0.3, -0.25) is 0 Å². The topological polar surface area (TPSA) is 107 Å². The van der Waals surface area contributed by atoms with Gasteiger partial charge in [0.1, 0.15) is 23.7 Å². The van der Waals surface area contributed by atoms with E-state index in [0.717, 1.165) is 11.5 Å². The van der Waals surface area contributed by atoms with Gasteiger partial charge >= 0.3 is 0 Å².